The topological polar surface area (TPSA) is 111 Å². The Morgan fingerprint density at radius 2 is 2.03 bits per heavy atom. The molecule has 0 saturated carbocycles. The number of nitrogens with zero attached hydrogens (tertiary/aromatic N) is 3. The van der Waals surface area contributed by atoms with E-state index in [1.54, 1.807) is 48.4 Å². The summed E-state index contributed by atoms with van der Waals surface area (Å²) in [5.41, 5.74) is 1.02. The molecule has 2 aromatic heterocycles. The van der Waals surface area contributed by atoms with Gasteiger partial charge in [-0.15, -0.1) is 0 Å². The molecular formula is C22H20N4O5S. The lowest BCUT2D eigenvalue weighted by Gasteiger charge is -2.25. The van der Waals surface area contributed by atoms with Crippen molar-refractivity contribution in [1.29, 1.82) is 0 Å². The van der Waals surface area contributed by atoms with Gasteiger partial charge in [0.25, 0.3) is 5.69 Å². The van der Waals surface area contributed by atoms with Crippen LogP contribution < -0.4 is 5.32 Å². The van der Waals surface area contributed by atoms with E-state index < -0.39 is 16.9 Å². The lowest BCUT2D eigenvalue weighted by atomic mass is 10.0. The van der Waals surface area contributed by atoms with Gasteiger partial charge in [0, 0.05) is 12.3 Å². The van der Waals surface area contributed by atoms with Crippen molar-refractivity contribution in [3.05, 3.63) is 82.4 Å². The Morgan fingerprint density at radius 3 is 2.75 bits per heavy atom. The van der Waals surface area contributed by atoms with Gasteiger partial charge >= 0.3 is 5.97 Å². The number of rotatable bonds is 7. The van der Waals surface area contributed by atoms with Gasteiger partial charge in [-0.25, -0.2) is 0 Å². The Labute approximate surface area is 189 Å². The van der Waals surface area contributed by atoms with Crippen LogP contribution in [0.2, 0.25) is 0 Å². The number of para-hydroxylation sites is 1. The number of carbonyl (C=O) groups is 1. The van der Waals surface area contributed by atoms with Crippen LogP contribution in [0.5, 0.6) is 0 Å². The van der Waals surface area contributed by atoms with Crippen molar-refractivity contribution in [3.63, 3.8) is 0 Å². The number of hydrogen-bond donors (Lipinski definition) is 1. The highest BCUT2D eigenvalue weighted by Crippen LogP contribution is 2.41. The third-order valence-corrected chi connectivity index (χ3v) is 5.44. The smallest absolute Gasteiger partial charge is 0.325 e. The molecule has 0 amide bonds. The van der Waals surface area contributed by atoms with Crippen molar-refractivity contribution in [2.24, 2.45) is 0 Å². The second-order valence-electron chi connectivity index (χ2n) is 7.04. The minimum atomic E-state index is -0.502. The number of ether oxygens (including phenoxy) is 1. The zero-order chi connectivity index (χ0) is 22.7. The first-order valence-electron chi connectivity index (χ1n) is 9.96. The fraction of sp³-hybridized carbons (Fsp3) is 0.227. The van der Waals surface area contributed by atoms with Gasteiger partial charge in [-0.05, 0) is 49.5 Å². The van der Waals surface area contributed by atoms with Crippen LogP contribution in [0.3, 0.4) is 0 Å². The lowest BCUT2D eigenvalue weighted by Crippen LogP contribution is -2.35. The normalized spacial score (nSPS) is 17.8. The van der Waals surface area contributed by atoms with E-state index in [4.69, 9.17) is 21.4 Å². The molecule has 1 N–H and O–H groups in total. The average molecular weight is 452 g/mol. The first-order valence-corrected chi connectivity index (χ1v) is 10.4. The van der Waals surface area contributed by atoms with E-state index in [9.17, 15) is 14.9 Å². The minimum absolute atomic E-state index is 0.0573. The lowest BCUT2D eigenvalue weighted by molar-refractivity contribution is -0.384. The van der Waals surface area contributed by atoms with Crippen molar-refractivity contribution < 1.29 is 18.9 Å². The molecule has 0 radical (unpaired) electrons. The predicted octanol–water partition coefficient (Wildman–Crippen LogP) is 3.79. The standard InChI is InChI=1S/C22H20N4O5S/c1-2-30-19(27)13-25-21(20(24-22(25)32)15-8-5-6-12-23-15)18-11-10-17(31-18)14-7-3-4-9-16(14)26(28)29/h3-12,20-21H,2,13H2,1H3,(H,24,32)/t20-,21+/m0/s1. The molecule has 0 aliphatic carbocycles. The van der Waals surface area contributed by atoms with Gasteiger partial charge in [-0.3, -0.25) is 19.9 Å². The van der Waals surface area contributed by atoms with Gasteiger partial charge in [-0.1, -0.05) is 18.2 Å². The number of hydrogen-bond acceptors (Lipinski definition) is 7. The number of carbonyl (C=O) groups excluding carboxylic acids is 1. The second-order valence-corrected chi connectivity index (χ2v) is 7.42. The van der Waals surface area contributed by atoms with Gasteiger partial charge in [0.1, 0.15) is 24.1 Å². The Bertz CT molecular complexity index is 1150. The Kier molecular flexibility index (Phi) is 6.13. The van der Waals surface area contributed by atoms with Crippen LogP contribution >= 0.6 is 12.2 Å². The molecule has 9 nitrogen and oxygen atoms in total. The summed E-state index contributed by atoms with van der Waals surface area (Å²) in [6.45, 7) is 1.91. The van der Waals surface area contributed by atoms with E-state index >= 15 is 0 Å². The molecule has 1 aromatic carbocycles. The van der Waals surface area contributed by atoms with Gasteiger partial charge in [0.2, 0.25) is 0 Å². The summed E-state index contributed by atoms with van der Waals surface area (Å²) in [6.07, 6.45) is 1.67. The summed E-state index contributed by atoms with van der Waals surface area (Å²) in [4.78, 5) is 29.3. The van der Waals surface area contributed by atoms with Gasteiger partial charge < -0.3 is 19.4 Å². The second kappa shape index (κ2) is 9.15. The summed E-state index contributed by atoms with van der Waals surface area (Å²) in [5, 5.41) is 15.0. The Hall–Kier alpha value is -3.79. The summed E-state index contributed by atoms with van der Waals surface area (Å²) in [6, 6.07) is 14.4. The summed E-state index contributed by atoms with van der Waals surface area (Å²) < 4.78 is 11.2. The maximum Gasteiger partial charge on any atom is 0.325 e. The number of nitro benzene ring substituents is 1. The number of esters is 1. The number of nitro groups is 1. The summed E-state index contributed by atoms with van der Waals surface area (Å²) in [5.74, 6) is 0.417. The maximum atomic E-state index is 12.2. The monoisotopic (exact) mass is 452 g/mol. The van der Waals surface area contributed by atoms with Crippen molar-refractivity contribution in [2.75, 3.05) is 13.2 Å². The maximum absolute atomic E-state index is 12.2. The fourth-order valence-corrected chi connectivity index (χ4v) is 4.03. The van der Waals surface area contributed by atoms with Crippen LogP contribution in [0.25, 0.3) is 11.3 Å². The van der Waals surface area contributed by atoms with Crippen LogP contribution in [0, 0.1) is 10.1 Å². The molecule has 1 fully saturated rings. The van der Waals surface area contributed by atoms with E-state index in [0.29, 0.717) is 22.2 Å². The quantitative estimate of drug-likeness (QED) is 0.248. The van der Waals surface area contributed by atoms with Crippen LogP contribution in [-0.2, 0) is 9.53 Å². The highest BCUT2D eigenvalue weighted by molar-refractivity contribution is 7.80. The predicted molar refractivity (Wildman–Crippen MR) is 120 cm³/mol. The van der Waals surface area contributed by atoms with E-state index in [0.717, 1.165) is 5.69 Å². The van der Waals surface area contributed by atoms with E-state index in [1.165, 1.54) is 6.07 Å². The van der Waals surface area contributed by atoms with Gasteiger partial charge in [0.05, 0.1) is 28.8 Å². The number of pyridine rings is 1. The van der Waals surface area contributed by atoms with Crippen LogP contribution in [0.1, 0.15) is 30.5 Å². The molecule has 3 aromatic rings. The van der Waals surface area contributed by atoms with Crippen molar-refractivity contribution in [1.82, 2.24) is 15.2 Å². The van der Waals surface area contributed by atoms with Crippen LogP contribution in [0.4, 0.5) is 5.69 Å². The van der Waals surface area contributed by atoms with E-state index in [-0.39, 0.29) is 24.9 Å². The molecule has 2 atom stereocenters. The summed E-state index contributed by atoms with van der Waals surface area (Å²) >= 11 is 5.50. The molecule has 164 valence electrons. The zero-order valence-electron chi connectivity index (χ0n) is 17.1. The largest absolute Gasteiger partial charge is 0.465 e. The Morgan fingerprint density at radius 1 is 1.25 bits per heavy atom. The first kappa shape index (κ1) is 21.4. The molecule has 1 aliphatic rings. The van der Waals surface area contributed by atoms with Crippen molar-refractivity contribution >= 4 is 29.0 Å². The van der Waals surface area contributed by atoms with Crippen molar-refractivity contribution in [3.8, 4) is 11.3 Å². The molecule has 3 heterocycles. The number of furan rings is 1. The number of thiocarbonyl (C=S) groups is 1. The first-order chi connectivity index (χ1) is 15.5. The van der Waals surface area contributed by atoms with Gasteiger partial charge in [-0.2, -0.15) is 0 Å². The molecule has 0 spiro atoms. The highest BCUT2D eigenvalue weighted by atomic mass is 32.1. The number of nitrogens with one attached hydrogen (secondary N) is 1. The number of aromatic nitrogens is 1. The molecule has 10 heteroatoms. The molecule has 4 rings (SSSR count). The minimum Gasteiger partial charge on any atom is -0.465 e. The zero-order valence-corrected chi connectivity index (χ0v) is 18.0. The Balaban J connectivity index is 1.74. The molecule has 1 aliphatic heterocycles. The highest BCUT2D eigenvalue weighted by Gasteiger charge is 2.42. The molecule has 32 heavy (non-hydrogen) atoms. The van der Waals surface area contributed by atoms with Crippen LogP contribution in [0.15, 0.2) is 65.2 Å². The molecular weight excluding hydrogens is 432 g/mol. The third-order valence-electron chi connectivity index (χ3n) is 5.09. The van der Waals surface area contributed by atoms with Crippen LogP contribution in [-0.4, -0.2) is 39.0 Å². The van der Waals surface area contributed by atoms with E-state index in [1.807, 2.05) is 18.2 Å². The number of benzene rings is 1. The van der Waals surface area contributed by atoms with Crippen molar-refractivity contribution in [2.45, 2.75) is 19.0 Å². The molecule has 1 saturated heterocycles. The molecule has 0 bridgehead atoms. The average Bonchev–Trinajstić information content (AvgIpc) is 3.39. The fourth-order valence-electron chi connectivity index (χ4n) is 3.73. The third kappa shape index (κ3) is 4.17. The van der Waals surface area contributed by atoms with Gasteiger partial charge in [0.15, 0.2) is 5.11 Å². The molecule has 0 unspecified atom stereocenters. The van der Waals surface area contributed by atoms with E-state index in [2.05, 4.69) is 10.3 Å². The SMILES string of the molecule is CCOC(=O)CN1C(=S)N[C@@H](c2ccccn2)[C@H]1c1ccc(-c2ccccc2[N+](=O)[O-])o1. The summed E-state index contributed by atoms with van der Waals surface area (Å²) in [7, 11) is 0.